The predicted molar refractivity (Wildman–Crippen MR) is 57.2 cm³/mol. The molecule has 3 atom stereocenters. The van der Waals surface area contributed by atoms with E-state index in [1.165, 1.54) is 11.8 Å². The van der Waals surface area contributed by atoms with Crippen LogP contribution in [0.3, 0.4) is 0 Å². The number of aliphatic hydroxyl groups excluding tert-OH is 2. The smallest absolute Gasteiger partial charge is 0.345 e. The topological polar surface area (TPSA) is 108 Å². The van der Waals surface area contributed by atoms with Crippen molar-refractivity contribution in [2.45, 2.75) is 23.1 Å². The van der Waals surface area contributed by atoms with Crippen molar-refractivity contribution in [1.82, 2.24) is 14.8 Å². The van der Waals surface area contributed by atoms with E-state index in [2.05, 4.69) is 10.1 Å². The summed E-state index contributed by atoms with van der Waals surface area (Å²) in [5, 5.41) is 21.6. The number of rotatable bonds is 2. The molecule has 88 valence electrons. The first-order chi connectivity index (χ1) is 7.61. The molecule has 2 rings (SSSR count). The Morgan fingerprint density at radius 1 is 1.62 bits per heavy atom. The van der Waals surface area contributed by atoms with Gasteiger partial charge in [-0.05, 0) is 0 Å². The molecule has 0 spiro atoms. The molecule has 2 heterocycles. The normalized spacial score (nSPS) is 29.5. The van der Waals surface area contributed by atoms with Gasteiger partial charge in [0.05, 0.1) is 18.0 Å². The van der Waals surface area contributed by atoms with Crippen LogP contribution in [0.25, 0.3) is 0 Å². The molecule has 0 aromatic carbocycles. The Labute approximate surface area is 94.1 Å². The summed E-state index contributed by atoms with van der Waals surface area (Å²) in [6, 6.07) is 0. The fourth-order valence-electron chi connectivity index (χ4n) is 1.60. The molecule has 1 aliphatic rings. The lowest BCUT2D eigenvalue weighted by Crippen LogP contribution is -2.32. The van der Waals surface area contributed by atoms with Gasteiger partial charge in [0.1, 0.15) is 11.6 Å². The second-order valence-corrected chi connectivity index (χ2v) is 4.92. The molecule has 1 fully saturated rings. The van der Waals surface area contributed by atoms with E-state index in [1.54, 1.807) is 0 Å². The van der Waals surface area contributed by atoms with Gasteiger partial charge >= 0.3 is 5.69 Å². The number of hydrogen-bond acceptors (Lipinski definition) is 6. The summed E-state index contributed by atoms with van der Waals surface area (Å²) in [7, 11) is 0. The Morgan fingerprint density at radius 3 is 2.94 bits per heavy atom. The van der Waals surface area contributed by atoms with Crippen LogP contribution in [0.2, 0.25) is 0 Å². The largest absolute Gasteiger partial charge is 0.395 e. The van der Waals surface area contributed by atoms with Gasteiger partial charge in [-0.15, -0.1) is 11.8 Å². The van der Waals surface area contributed by atoms with E-state index in [0.717, 1.165) is 10.9 Å². The van der Waals surface area contributed by atoms with Gasteiger partial charge in [-0.2, -0.15) is 5.10 Å². The van der Waals surface area contributed by atoms with Crippen LogP contribution < -0.4 is 11.2 Å². The van der Waals surface area contributed by atoms with Crippen LogP contribution in [0.1, 0.15) is 11.8 Å². The molecule has 1 aliphatic heterocycles. The minimum absolute atomic E-state index is 0.152. The van der Waals surface area contributed by atoms with Crippen molar-refractivity contribution in [3.8, 4) is 0 Å². The van der Waals surface area contributed by atoms with E-state index in [0.29, 0.717) is 6.42 Å². The zero-order valence-corrected chi connectivity index (χ0v) is 9.05. The SMILES string of the molecule is O=c1cnn([C@H]2C[C@H](O)[C@@H](CO)S2)c(=O)[nH]1. The monoisotopic (exact) mass is 245 g/mol. The van der Waals surface area contributed by atoms with Crippen molar-refractivity contribution in [1.29, 1.82) is 0 Å². The van der Waals surface area contributed by atoms with Crippen LogP contribution in [-0.4, -0.2) is 42.9 Å². The Bertz CT molecular complexity index is 485. The summed E-state index contributed by atoms with van der Waals surface area (Å²) < 4.78 is 1.12. The van der Waals surface area contributed by atoms with Crippen molar-refractivity contribution in [3.05, 3.63) is 27.0 Å². The number of hydrogen-bond donors (Lipinski definition) is 3. The van der Waals surface area contributed by atoms with Crippen LogP contribution >= 0.6 is 11.8 Å². The molecular weight excluding hydrogens is 234 g/mol. The van der Waals surface area contributed by atoms with Gasteiger partial charge in [-0.3, -0.25) is 9.78 Å². The number of aliphatic hydroxyl groups is 2. The number of H-pyrrole nitrogens is 1. The first-order valence-electron chi connectivity index (χ1n) is 4.74. The zero-order chi connectivity index (χ0) is 11.7. The van der Waals surface area contributed by atoms with Crippen molar-refractivity contribution in [3.63, 3.8) is 0 Å². The van der Waals surface area contributed by atoms with E-state index >= 15 is 0 Å². The lowest BCUT2D eigenvalue weighted by molar-refractivity contribution is 0.136. The zero-order valence-electron chi connectivity index (χ0n) is 8.24. The third-order valence-corrected chi connectivity index (χ3v) is 3.91. The van der Waals surface area contributed by atoms with Crippen LogP contribution in [0.5, 0.6) is 0 Å². The third kappa shape index (κ3) is 2.04. The van der Waals surface area contributed by atoms with Crippen molar-refractivity contribution in [2.24, 2.45) is 0 Å². The molecule has 0 amide bonds. The van der Waals surface area contributed by atoms with Gasteiger partial charge in [-0.25, -0.2) is 9.48 Å². The summed E-state index contributed by atoms with van der Waals surface area (Å²) in [6.45, 7) is -0.152. The molecule has 1 aromatic heterocycles. The van der Waals surface area contributed by atoms with Crippen molar-refractivity contribution >= 4 is 11.8 Å². The lowest BCUT2D eigenvalue weighted by Gasteiger charge is -2.10. The number of nitrogens with zero attached hydrogens (tertiary/aromatic N) is 2. The van der Waals surface area contributed by atoms with Gasteiger partial charge in [0, 0.05) is 6.42 Å². The first-order valence-corrected chi connectivity index (χ1v) is 5.68. The Morgan fingerprint density at radius 2 is 2.38 bits per heavy atom. The quantitative estimate of drug-likeness (QED) is 0.572. The summed E-state index contributed by atoms with van der Waals surface area (Å²) in [4.78, 5) is 24.3. The maximum atomic E-state index is 11.4. The summed E-state index contributed by atoms with van der Waals surface area (Å²) in [5.74, 6) is 0. The van der Waals surface area contributed by atoms with E-state index in [-0.39, 0.29) is 17.2 Å². The molecule has 8 heteroatoms. The highest BCUT2D eigenvalue weighted by molar-refractivity contribution is 8.00. The van der Waals surface area contributed by atoms with Crippen LogP contribution in [-0.2, 0) is 0 Å². The third-order valence-electron chi connectivity index (χ3n) is 2.39. The Hall–Kier alpha value is -1.12. The molecule has 16 heavy (non-hydrogen) atoms. The van der Waals surface area contributed by atoms with E-state index in [1.807, 2.05) is 0 Å². The fourth-order valence-corrected chi connectivity index (χ4v) is 2.95. The maximum Gasteiger partial charge on any atom is 0.345 e. The van der Waals surface area contributed by atoms with Crippen LogP contribution in [0.4, 0.5) is 0 Å². The average molecular weight is 245 g/mol. The molecule has 0 radical (unpaired) electrons. The molecule has 7 nitrogen and oxygen atoms in total. The molecule has 0 bridgehead atoms. The fraction of sp³-hybridized carbons (Fsp3) is 0.625. The molecule has 3 N–H and O–H groups in total. The van der Waals surface area contributed by atoms with Gasteiger partial charge < -0.3 is 10.2 Å². The van der Waals surface area contributed by atoms with Gasteiger partial charge in [-0.1, -0.05) is 0 Å². The summed E-state index contributed by atoms with van der Waals surface area (Å²) in [6.07, 6.45) is 0.677. The van der Waals surface area contributed by atoms with Crippen molar-refractivity contribution < 1.29 is 10.2 Å². The lowest BCUT2D eigenvalue weighted by atomic mass is 10.2. The Kier molecular flexibility index (Phi) is 3.13. The second kappa shape index (κ2) is 4.40. The van der Waals surface area contributed by atoms with E-state index < -0.39 is 17.4 Å². The highest BCUT2D eigenvalue weighted by Crippen LogP contribution is 2.39. The minimum atomic E-state index is -0.666. The Balaban J connectivity index is 2.27. The first kappa shape index (κ1) is 11.4. The maximum absolute atomic E-state index is 11.4. The average Bonchev–Trinajstić information content (AvgIpc) is 2.59. The summed E-state index contributed by atoms with van der Waals surface area (Å²) >= 11 is 1.27. The van der Waals surface area contributed by atoms with E-state index in [4.69, 9.17) is 5.11 Å². The number of aromatic nitrogens is 3. The van der Waals surface area contributed by atoms with Crippen molar-refractivity contribution in [2.75, 3.05) is 6.61 Å². The second-order valence-electron chi connectivity index (χ2n) is 3.50. The van der Waals surface area contributed by atoms with Gasteiger partial charge in [0.25, 0.3) is 5.56 Å². The molecule has 1 saturated heterocycles. The van der Waals surface area contributed by atoms with Gasteiger partial charge in [0.2, 0.25) is 0 Å². The number of nitrogens with one attached hydrogen (secondary N) is 1. The van der Waals surface area contributed by atoms with Gasteiger partial charge in [0.15, 0.2) is 0 Å². The minimum Gasteiger partial charge on any atom is -0.395 e. The molecule has 0 saturated carbocycles. The summed E-state index contributed by atoms with van der Waals surface area (Å²) in [5.41, 5.74) is -1.15. The molecule has 1 aromatic rings. The molecule has 0 unspecified atom stereocenters. The molecule has 0 aliphatic carbocycles. The predicted octanol–water partition coefficient (Wildman–Crippen LogP) is -1.71. The number of aromatic amines is 1. The van der Waals surface area contributed by atoms with E-state index in [9.17, 15) is 14.7 Å². The highest BCUT2D eigenvalue weighted by atomic mass is 32.2. The highest BCUT2D eigenvalue weighted by Gasteiger charge is 2.35. The van der Waals surface area contributed by atoms with Crippen LogP contribution in [0, 0.1) is 0 Å². The van der Waals surface area contributed by atoms with Crippen LogP contribution in [0.15, 0.2) is 15.8 Å². The molecular formula is C8H11N3O4S. The standard InChI is InChI=1S/C8H11N3O4S/c12-3-5-4(13)1-7(16-5)11-8(15)10-6(14)2-9-11/h2,4-5,7,12-13H,1,3H2,(H,10,14,15)/t4-,5+,7+/m0/s1. The number of thioether (sulfide) groups is 1.